The minimum Gasteiger partial charge on any atom is -0.462 e. The Balaban J connectivity index is 4.35. The molecule has 0 aromatic carbocycles. The van der Waals surface area contributed by atoms with Gasteiger partial charge in [0.2, 0.25) is 0 Å². The highest BCUT2D eigenvalue weighted by atomic mass is 16.6. The Bertz CT molecular complexity index is 996. The molecule has 6 heteroatoms. The van der Waals surface area contributed by atoms with Gasteiger partial charge in [0.25, 0.3) is 0 Å². The summed E-state index contributed by atoms with van der Waals surface area (Å²) >= 11 is 0. The number of carbonyl (C=O) groups excluding carboxylic acids is 3. The highest BCUT2D eigenvalue weighted by molar-refractivity contribution is 5.71. The Morgan fingerprint density at radius 1 is 0.375 bits per heavy atom. The molecule has 0 N–H and O–H groups in total. The number of allylic oxidation sites excluding steroid dienone is 8. The average molecular weight is 785 g/mol. The normalized spacial score (nSPS) is 12.4. The molecular formula is C50H88O6. The molecule has 324 valence electrons. The lowest BCUT2D eigenvalue weighted by Gasteiger charge is -2.18. The summed E-state index contributed by atoms with van der Waals surface area (Å²) in [5.41, 5.74) is 0. The van der Waals surface area contributed by atoms with Gasteiger partial charge >= 0.3 is 17.9 Å². The van der Waals surface area contributed by atoms with E-state index in [1.807, 2.05) is 0 Å². The van der Waals surface area contributed by atoms with Gasteiger partial charge in [0.1, 0.15) is 13.2 Å². The molecule has 0 heterocycles. The van der Waals surface area contributed by atoms with Crippen molar-refractivity contribution >= 4 is 17.9 Å². The zero-order chi connectivity index (χ0) is 40.8. The van der Waals surface area contributed by atoms with Gasteiger partial charge in [-0.15, -0.1) is 0 Å². The third-order valence-electron chi connectivity index (χ3n) is 10.1. The summed E-state index contributed by atoms with van der Waals surface area (Å²) in [6.07, 6.45) is 52.5. The van der Waals surface area contributed by atoms with Crippen molar-refractivity contribution in [1.82, 2.24) is 0 Å². The number of hydrogen-bond donors (Lipinski definition) is 0. The molecule has 0 spiro atoms. The topological polar surface area (TPSA) is 78.9 Å². The van der Waals surface area contributed by atoms with Crippen molar-refractivity contribution in [2.45, 2.75) is 239 Å². The molecule has 0 aromatic heterocycles. The summed E-state index contributed by atoms with van der Waals surface area (Å²) in [6, 6.07) is 0. The van der Waals surface area contributed by atoms with E-state index in [0.717, 1.165) is 89.9 Å². The van der Waals surface area contributed by atoms with Crippen LogP contribution in [0, 0.1) is 0 Å². The molecule has 0 aliphatic carbocycles. The molecule has 1 atom stereocenters. The maximum atomic E-state index is 12.7. The first-order valence-corrected chi connectivity index (χ1v) is 23.6. The molecule has 0 fully saturated rings. The molecule has 56 heavy (non-hydrogen) atoms. The zero-order valence-electron chi connectivity index (χ0n) is 36.9. The van der Waals surface area contributed by atoms with E-state index in [1.165, 1.54) is 103 Å². The Morgan fingerprint density at radius 3 is 1.11 bits per heavy atom. The summed E-state index contributed by atoms with van der Waals surface area (Å²) in [5.74, 6) is -0.929. The van der Waals surface area contributed by atoms with Crippen molar-refractivity contribution in [3.05, 3.63) is 48.6 Å². The van der Waals surface area contributed by atoms with E-state index in [2.05, 4.69) is 69.4 Å². The fraction of sp³-hybridized carbons (Fsp3) is 0.780. The molecule has 0 aliphatic rings. The third-order valence-corrected chi connectivity index (χ3v) is 10.1. The van der Waals surface area contributed by atoms with Gasteiger partial charge in [0.05, 0.1) is 0 Å². The van der Waals surface area contributed by atoms with E-state index in [4.69, 9.17) is 14.2 Å². The molecule has 0 saturated carbocycles. The number of hydrogen-bond acceptors (Lipinski definition) is 6. The highest BCUT2D eigenvalue weighted by Gasteiger charge is 2.19. The van der Waals surface area contributed by atoms with E-state index in [9.17, 15) is 14.4 Å². The fourth-order valence-corrected chi connectivity index (χ4v) is 6.58. The van der Waals surface area contributed by atoms with E-state index in [0.29, 0.717) is 19.3 Å². The van der Waals surface area contributed by atoms with Gasteiger partial charge in [-0.05, 0) is 70.6 Å². The van der Waals surface area contributed by atoms with E-state index in [1.54, 1.807) is 0 Å². The van der Waals surface area contributed by atoms with Crippen LogP contribution in [0.3, 0.4) is 0 Å². The van der Waals surface area contributed by atoms with Crippen molar-refractivity contribution in [2.75, 3.05) is 13.2 Å². The molecule has 0 radical (unpaired) electrons. The van der Waals surface area contributed by atoms with E-state index in [-0.39, 0.29) is 31.1 Å². The van der Waals surface area contributed by atoms with Crippen LogP contribution < -0.4 is 0 Å². The largest absolute Gasteiger partial charge is 0.462 e. The second-order valence-electron chi connectivity index (χ2n) is 15.6. The Morgan fingerprint density at radius 2 is 0.696 bits per heavy atom. The maximum Gasteiger partial charge on any atom is 0.306 e. The second-order valence-corrected chi connectivity index (χ2v) is 15.6. The van der Waals surface area contributed by atoms with Crippen LogP contribution in [0.15, 0.2) is 48.6 Å². The predicted octanol–water partition coefficient (Wildman–Crippen LogP) is 15.1. The smallest absolute Gasteiger partial charge is 0.306 e. The number of rotatable bonds is 42. The lowest BCUT2D eigenvalue weighted by atomic mass is 10.0. The highest BCUT2D eigenvalue weighted by Crippen LogP contribution is 2.15. The lowest BCUT2D eigenvalue weighted by molar-refractivity contribution is -0.167. The Labute approximate surface area is 346 Å². The van der Waals surface area contributed by atoms with Crippen LogP contribution in [-0.4, -0.2) is 37.2 Å². The van der Waals surface area contributed by atoms with Gasteiger partial charge in [0, 0.05) is 19.3 Å². The lowest BCUT2D eigenvalue weighted by Crippen LogP contribution is -2.30. The number of ether oxygens (including phenoxy) is 3. The van der Waals surface area contributed by atoms with Crippen LogP contribution in [0.25, 0.3) is 0 Å². The summed E-state index contributed by atoms with van der Waals surface area (Å²) in [5, 5.41) is 0. The summed E-state index contributed by atoms with van der Waals surface area (Å²) in [7, 11) is 0. The molecular weight excluding hydrogens is 697 g/mol. The van der Waals surface area contributed by atoms with Gasteiger partial charge in [-0.25, -0.2) is 0 Å². The minimum atomic E-state index is -0.785. The molecule has 0 aliphatic heterocycles. The first-order valence-electron chi connectivity index (χ1n) is 23.6. The van der Waals surface area contributed by atoms with E-state index < -0.39 is 6.10 Å². The van der Waals surface area contributed by atoms with Gasteiger partial charge in [0.15, 0.2) is 6.10 Å². The number of carbonyl (C=O) groups is 3. The van der Waals surface area contributed by atoms with Gasteiger partial charge in [-0.3, -0.25) is 14.4 Å². The molecule has 1 unspecified atom stereocenters. The molecule has 0 saturated heterocycles. The van der Waals surface area contributed by atoms with Crippen LogP contribution in [-0.2, 0) is 28.6 Å². The molecule has 0 rings (SSSR count). The first-order chi connectivity index (χ1) is 27.5. The SMILES string of the molecule is CC/C=C\C/C=C\CCCCCCCCCC(=O)OC(COC(=O)CCCC/C=C\C/C=C\CC)COC(=O)CCCCCCCCCCCCCCCCC. The Hall–Kier alpha value is -2.63. The molecule has 6 nitrogen and oxygen atoms in total. The zero-order valence-corrected chi connectivity index (χ0v) is 36.9. The van der Waals surface area contributed by atoms with Crippen molar-refractivity contribution < 1.29 is 28.6 Å². The monoisotopic (exact) mass is 785 g/mol. The van der Waals surface area contributed by atoms with Gasteiger partial charge in [-0.2, -0.15) is 0 Å². The predicted molar refractivity (Wildman–Crippen MR) is 238 cm³/mol. The number of esters is 3. The standard InChI is InChI=1S/C50H88O6/c1-4-7-10-13-16-19-21-23-25-27-28-31-34-37-40-43-49(52)55-46-47(45-54-48(51)42-39-36-33-30-18-15-12-9-6-3)56-50(53)44-41-38-35-32-29-26-24-22-20-17-14-11-8-5-2/h8-9,11-12,17-18,20,30,47H,4-7,10,13-16,19,21-29,31-46H2,1-3H3/b11-8-,12-9-,20-17-,30-18-. The summed E-state index contributed by atoms with van der Waals surface area (Å²) in [6.45, 7) is 6.37. The molecule has 0 amide bonds. The van der Waals surface area contributed by atoms with Crippen molar-refractivity contribution in [3.63, 3.8) is 0 Å². The van der Waals surface area contributed by atoms with Crippen LogP contribution in [0.4, 0.5) is 0 Å². The van der Waals surface area contributed by atoms with Gasteiger partial charge in [-0.1, -0.05) is 191 Å². The van der Waals surface area contributed by atoms with E-state index >= 15 is 0 Å². The van der Waals surface area contributed by atoms with Crippen LogP contribution in [0.5, 0.6) is 0 Å². The van der Waals surface area contributed by atoms with Crippen LogP contribution in [0.2, 0.25) is 0 Å². The summed E-state index contributed by atoms with van der Waals surface area (Å²) < 4.78 is 16.7. The first kappa shape index (κ1) is 53.4. The minimum absolute atomic E-state index is 0.0848. The quantitative estimate of drug-likeness (QED) is 0.0265. The maximum absolute atomic E-state index is 12.7. The average Bonchev–Trinajstić information content (AvgIpc) is 3.19. The van der Waals surface area contributed by atoms with Crippen molar-refractivity contribution in [3.8, 4) is 0 Å². The summed E-state index contributed by atoms with van der Waals surface area (Å²) in [4.78, 5) is 37.7. The third kappa shape index (κ3) is 42.5. The Kier molecular flexibility index (Phi) is 43.0. The van der Waals surface area contributed by atoms with Crippen molar-refractivity contribution in [2.24, 2.45) is 0 Å². The number of unbranched alkanes of at least 4 members (excludes halogenated alkanes) is 23. The molecule has 0 bridgehead atoms. The fourth-order valence-electron chi connectivity index (χ4n) is 6.58. The van der Waals surface area contributed by atoms with Gasteiger partial charge < -0.3 is 14.2 Å². The van der Waals surface area contributed by atoms with Crippen LogP contribution in [0.1, 0.15) is 233 Å². The second kappa shape index (κ2) is 45.1. The van der Waals surface area contributed by atoms with Crippen LogP contribution >= 0.6 is 0 Å². The van der Waals surface area contributed by atoms with Crippen molar-refractivity contribution in [1.29, 1.82) is 0 Å². The molecule has 0 aromatic rings.